The van der Waals surface area contributed by atoms with Gasteiger partial charge in [-0.25, -0.2) is 0 Å². The van der Waals surface area contributed by atoms with Crippen LogP contribution in [0.2, 0.25) is 0 Å². The minimum absolute atomic E-state index is 0.360. The number of halogens is 6. The zero-order valence-electron chi connectivity index (χ0n) is 18.4. The first-order valence-electron chi connectivity index (χ1n) is 10.8. The molecule has 0 saturated carbocycles. The lowest BCUT2D eigenvalue weighted by Crippen LogP contribution is -2.31. The van der Waals surface area contributed by atoms with E-state index in [1.807, 2.05) is 37.3 Å². The first-order chi connectivity index (χ1) is 16.0. The minimum Gasteiger partial charge on any atom is -0.406 e. The van der Waals surface area contributed by atoms with Gasteiger partial charge in [0.2, 0.25) is 0 Å². The van der Waals surface area contributed by atoms with Crippen LogP contribution in [0.5, 0.6) is 11.5 Å². The summed E-state index contributed by atoms with van der Waals surface area (Å²) in [6.45, 7) is 1.97. The van der Waals surface area contributed by atoms with Crippen LogP contribution in [0.15, 0.2) is 78.9 Å². The lowest BCUT2D eigenvalue weighted by molar-refractivity contribution is -0.275. The molecule has 3 aromatic rings. The maximum atomic E-state index is 12.9. The molecule has 34 heavy (non-hydrogen) atoms. The molecule has 0 saturated heterocycles. The van der Waals surface area contributed by atoms with Crippen molar-refractivity contribution in [1.29, 1.82) is 0 Å². The fourth-order valence-corrected chi connectivity index (χ4v) is 4.15. The fraction of sp³-hybridized carbons (Fsp3) is 0.308. The second kappa shape index (κ2) is 10.4. The molecule has 0 atom stereocenters. The zero-order chi connectivity index (χ0) is 24.8. The molecule has 0 heterocycles. The third-order valence-corrected chi connectivity index (χ3v) is 5.55. The fourth-order valence-electron chi connectivity index (χ4n) is 4.15. The Hall–Kier alpha value is -3.16. The van der Waals surface area contributed by atoms with E-state index in [2.05, 4.69) is 9.47 Å². The van der Waals surface area contributed by atoms with Crippen LogP contribution < -0.4 is 9.47 Å². The Bertz CT molecular complexity index is 1000. The van der Waals surface area contributed by atoms with Crippen molar-refractivity contribution < 1.29 is 35.8 Å². The highest BCUT2D eigenvalue weighted by molar-refractivity contribution is 5.47. The van der Waals surface area contributed by atoms with Gasteiger partial charge in [0.1, 0.15) is 11.5 Å². The maximum absolute atomic E-state index is 12.9. The zero-order valence-corrected chi connectivity index (χ0v) is 18.4. The molecule has 0 radical (unpaired) electrons. The predicted molar refractivity (Wildman–Crippen MR) is 117 cm³/mol. The topological polar surface area (TPSA) is 18.5 Å². The molecule has 0 fully saturated rings. The maximum Gasteiger partial charge on any atom is 0.573 e. The Morgan fingerprint density at radius 3 is 1.59 bits per heavy atom. The molecule has 0 unspecified atom stereocenters. The van der Waals surface area contributed by atoms with E-state index in [9.17, 15) is 26.3 Å². The highest BCUT2D eigenvalue weighted by Gasteiger charge is 2.37. The molecular formula is C26H24F6O2. The summed E-state index contributed by atoms with van der Waals surface area (Å²) in [4.78, 5) is 0. The second-order valence-electron chi connectivity index (χ2n) is 8.00. The van der Waals surface area contributed by atoms with E-state index in [-0.39, 0.29) is 11.5 Å². The normalized spacial score (nSPS) is 12.4. The van der Waals surface area contributed by atoms with Gasteiger partial charge in [0.25, 0.3) is 0 Å². The number of rotatable bonds is 9. The van der Waals surface area contributed by atoms with Crippen molar-refractivity contribution in [3.8, 4) is 11.5 Å². The number of unbranched alkanes of at least 4 members (excludes halogenated alkanes) is 1. The lowest BCUT2D eigenvalue weighted by Gasteiger charge is -2.36. The molecule has 0 amide bonds. The molecule has 8 heteroatoms. The van der Waals surface area contributed by atoms with Gasteiger partial charge in [0.05, 0.1) is 0 Å². The minimum atomic E-state index is -4.87. The van der Waals surface area contributed by atoms with Gasteiger partial charge >= 0.3 is 12.7 Å². The summed E-state index contributed by atoms with van der Waals surface area (Å²) < 4.78 is 85.7. The number of hydrogen-bond donors (Lipinski definition) is 0. The van der Waals surface area contributed by atoms with Crippen LogP contribution in [0.25, 0.3) is 0 Å². The molecule has 2 nitrogen and oxygen atoms in total. The highest BCUT2D eigenvalue weighted by Crippen LogP contribution is 2.43. The van der Waals surface area contributed by atoms with Crippen LogP contribution in [0.3, 0.4) is 0 Å². The van der Waals surface area contributed by atoms with E-state index in [1.54, 1.807) is 12.1 Å². The Labute approximate surface area is 194 Å². The van der Waals surface area contributed by atoms with Crippen molar-refractivity contribution in [3.05, 3.63) is 95.6 Å². The second-order valence-corrected chi connectivity index (χ2v) is 8.00. The molecule has 3 rings (SSSR count). The van der Waals surface area contributed by atoms with Gasteiger partial charge in [-0.15, -0.1) is 26.3 Å². The Morgan fingerprint density at radius 1 is 0.647 bits per heavy atom. The monoisotopic (exact) mass is 482 g/mol. The van der Waals surface area contributed by atoms with E-state index in [0.717, 1.165) is 12.0 Å². The van der Waals surface area contributed by atoms with Crippen LogP contribution in [0, 0.1) is 0 Å². The first-order valence-corrected chi connectivity index (χ1v) is 10.8. The van der Waals surface area contributed by atoms with Crippen LogP contribution in [-0.4, -0.2) is 12.7 Å². The third-order valence-electron chi connectivity index (χ3n) is 5.55. The largest absolute Gasteiger partial charge is 0.573 e. The average Bonchev–Trinajstić information content (AvgIpc) is 2.75. The summed E-state index contributed by atoms with van der Waals surface area (Å²) in [5.74, 6) is -0.775. The summed E-state index contributed by atoms with van der Waals surface area (Å²) in [5.41, 5.74) is 0.988. The van der Waals surface area contributed by atoms with Gasteiger partial charge in [-0.05, 0) is 53.8 Å². The van der Waals surface area contributed by atoms with Crippen LogP contribution in [-0.2, 0) is 11.8 Å². The molecule has 0 spiro atoms. The molecule has 182 valence electrons. The molecule has 0 aliphatic heterocycles. The van der Waals surface area contributed by atoms with E-state index >= 15 is 0 Å². The van der Waals surface area contributed by atoms with Gasteiger partial charge in [-0.1, -0.05) is 74.4 Å². The summed E-state index contributed by atoms with van der Waals surface area (Å²) in [7, 11) is 0. The quantitative estimate of drug-likeness (QED) is 0.286. The number of benzene rings is 3. The van der Waals surface area contributed by atoms with Crippen LogP contribution in [0.4, 0.5) is 26.3 Å². The third kappa shape index (κ3) is 6.92. The smallest absolute Gasteiger partial charge is 0.406 e. The van der Waals surface area contributed by atoms with Crippen molar-refractivity contribution in [1.82, 2.24) is 0 Å². The number of ether oxygens (including phenoxy) is 2. The van der Waals surface area contributed by atoms with E-state index in [4.69, 9.17) is 0 Å². The molecule has 0 bridgehead atoms. The number of hydrogen-bond acceptors (Lipinski definition) is 2. The first kappa shape index (κ1) is 25.5. The Kier molecular flexibility index (Phi) is 7.79. The summed E-state index contributed by atoms with van der Waals surface area (Å²) in [6, 6.07) is 20.6. The molecule has 3 aromatic carbocycles. The van der Waals surface area contributed by atoms with Crippen molar-refractivity contribution in [2.75, 3.05) is 0 Å². The van der Waals surface area contributed by atoms with Crippen molar-refractivity contribution in [2.45, 2.75) is 50.7 Å². The standard InChI is InChI=1S/C26H24F6O2/c1-2-3-15-24(18-19-9-5-4-6-10-19,20-11-7-13-22(16-20)33-25(27,28)29)21-12-8-14-23(17-21)34-26(30,31)32/h4-14,16-17H,2-3,15,18H2,1H3. The predicted octanol–water partition coefficient (Wildman–Crippen LogP) is 8.20. The SMILES string of the molecule is CCCCC(Cc1ccccc1)(c1cccc(OC(F)(F)F)c1)c1cccc(OC(F)(F)F)c1. The molecule has 0 aliphatic rings. The Morgan fingerprint density at radius 2 is 1.15 bits per heavy atom. The summed E-state index contributed by atoms with van der Waals surface area (Å²) in [5, 5.41) is 0. The van der Waals surface area contributed by atoms with Crippen LogP contribution in [0.1, 0.15) is 42.9 Å². The summed E-state index contributed by atoms with van der Waals surface area (Å²) >= 11 is 0. The number of alkyl halides is 6. The van der Waals surface area contributed by atoms with Crippen molar-refractivity contribution >= 4 is 0 Å². The van der Waals surface area contributed by atoms with Gasteiger partial charge in [-0.2, -0.15) is 0 Å². The van der Waals surface area contributed by atoms with Gasteiger partial charge < -0.3 is 9.47 Å². The Balaban J connectivity index is 2.19. The molecule has 0 aromatic heterocycles. The van der Waals surface area contributed by atoms with Crippen LogP contribution >= 0.6 is 0 Å². The van der Waals surface area contributed by atoms with Gasteiger partial charge in [0.15, 0.2) is 0 Å². The van der Waals surface area contributed by atoms with Gasteiger partial charge in [0, 0.05) is 5.41 Å². The highest BCUT2D eigenvalue weighted by atomic mass is 19.4. The molecular weight excluding hydrogens is 458 g/mol. The molecule has 0 aliphatic carbocycles. The van der Waals surface area contributed by atoms with E-state index in [0.29, 0.717) is 30.4 Å². The van der Waals surface area contributed by atoms with E-state index < -0.39 is 18.1 Å². The van der Waals surface area contributed by atoms with Crippen molar-refractivity contribution in [2.24, 2.45) is 0 Å². The van der Waals surface area contributed by atoms with E-state index in [1.165, 1.54) is 36.4 Å². The molecule has 0 N–H and O–H groups in total. The lowest BCUT2D eigenvalue weighted by atomic mass is 9.67. The van der Waals surface area contributed by atoms with Crippen molar-refractivity contribution in [3.63, 3.8) is 0 Å². The van der Waals surface area contributed by atoms with Gasteiger partial charge in [-0.3, -0.25) is 0 Å². The summed E-state index contributed by atoms with van der Waals surface area (Å²) in [6.07, 6.45) is -7.41. The average molecular weight is 482 g/mol.